The molecule has 0 radical (unpaired) electrons. The van der Waals surface area contributed by atoms with Gasteiger partial charge in [-0.25, -0.2) is 9.78 Å². The van der Waals surface area contributed by atoms with Gasteiger partial charge in [-0.1, -0.05) is 0 Å². The highest BCUT2D eigenvalue weighted by Gasteiger charge is 2.35. The van der Waals surface area contributed by atoms with Crippen LogP contribution in [0.2, 0.25) is 0 Å². The molecule has 1 atom stereocenters. The Labute approximate surface area is 171 Å². The summed E-state index contributed by atoms with van der Waals surface area (Å²) in [4.78, 5) is 36.8. The highest BCUT2D eigenvalue weighted by molar-refractivity contribution is 7.07. The van der Waals surface area contributed by atoms with Crippen LogP contribution >= 0.6 is 11.3 Å². The lowest BCUT2D eigenvalue weighted by Gasteiger charge is -2.39. The number of likely N-dealkylation sites (N-methyl/N-ethyl adjacent to an activating group) is 1. The largest absolute Gasteiger partial charge is 0.381 e. The van der Waals surface area contributed by atoms with Crippen LogP contribution in [0.3, 0.4) is 0 Å². The van der Waals surface area contributed by atoms with Crippen LogP contribution in [0, 0.1) is 0 Å². The number of nitrogens with zero attached hydrogens (tertiary/aromatic N) is 5. The third-order valence-electron chi connectivity index (χ3n) is 5.64. The maximum atomic E-state index is 12.5. The molecule has 0 bridgehead atoms. The van der Waals surface area contributed by atoms with Crippen LogP contribution in [-0.4, -0.2) is 109 Å². The molecule has 3 heterocycles. The number of rotatable bonds is 6. The van der Waals surface area contributed by atoms with E-state index in [1.807, 2.05) is 11.9 Å². The number of carbonyl (C=O) groups excluding carboxylic acids is 2. The molecule has 1 aromatic rings. The Morgan fingerprint density at radius 3 is 2.57 bits per heavy atom. The first kappa shape index (κ1) is 21.0. The summed E-state index contributed by atoms with van der Waals surface area (Å²) in [5.74, 6) is -0.0380. The fourth-order valence-corrected chi connectivity index (χ4v) is 4.56. The molecule has 0 aromatic carbocycles. The monoisotopic (exact) mass is 409 g/mol. The summed E-state index contributed by atoms with van der Waals surface area (Å²) < 4.78 is 5.55. The van der Waals surface area contributed by atoms with Crippen LogP contribution in [0.4, 0.5) is 4.79 Å². The number of hydrogen-bond acceptors (Lipinski definition) is 6. The molecule has 0 N–H and O–H groups in total. The second-order valence-electron chi connectivity index (χ2n) is 7.75. The average molecular weight is 410 g/mol. The SMILES string of the molecule is CN(C)C(=O)N1CCC(N(CCN(C)C(=O)c2cscn2)C2CCOCC2)C1. The summed E-state index contributed by atoms with van der Waals surface area (Å²) in [7, 11) is 5.43. The number of urea groups is 1. The fourth-order valence-electron chi connectivity index (χ4n) is 4.03. The van der Waals surface area contributed by atoms with Gasteiger partial charge in [-0.2, -0.15) is 0 Å². The van der Waals surface area contributed by atoms with Gasteiger partial charge in [-0.3, -0.25) is 9.69 Å². The Bertz CT molecular complexity index is 648. The predicted octanol–water partition coefficient (Wildman–Crippen LogP) is 1.45. The number of likely N-dealkylation sites (tertiary alicyclic amines) is 1. The van der Waals surface area contributed by atoms with E-state index >= 15 is 0 Å². The highest BCUT2D eigenvalue weighted by atomic mass is 32.1. The molecule has 2 aliphatic heterocycles. The van der Waals surface area contributed by atoms with E-state index in [-0.39, 0.29) is 11.9 Å². The van der Waals surface area contributed by atoms with Crippen LogP contribution in [0.15, 0.2) is 10.9 Å². The van der Waals surface area contributed by atoms with Crippen LogP contribution < -0.4 is 0 Å². The van der Waals surface area contributed by atoms with E-state index in [0.29, 0.717) is 24.3 Å². The Balaban J connectivity index is 1.62. The Kier molecular flexibility index (Phi) is 7.25. The van der Waals surface area contributed by atoms with Gasteiger partial charge in [0.25, 0.3) is 5.91 Å². The summed E-state index contributed by atoms with van der Waals surface area (Å²) in [6.07, 6.45) is 2.98. The molecule has 8 nitrogen and oxygen atoms in total. The minimum Gasteiger partial charge on any atom is -0.381 e. The number of aromatic nitrogens is 1. The summed E-state index contributed by atoms with van der Waals surface area (Å²) >= 11 is 1.43. The first-order valence-electron chi connectivity index (χ1n) is 9.90. The lowest BCUT2D eigenvalue weighted by molar-refractivity contribution is 0.0151. The van der Waals surface area contributed by atoms with E-state index in [1.165, 1.54) is 11.3 Å². The summed E-state index contributed by atoms with van der Waals surface area (Å²) in [5.41, 5.74) is 2.19. The molecule has 1 aromatic heterocycles. The maximum absolute atomic E-state index is 12.5. The van der Waals surface area contributed by atoms with Gasteiger partial charge in [0.05, 0.1) is 5.51 Å². The second kappa shape index (κ2) is 9.67. The molecule has 3 rings (SSSR count). The summed E-state index contributed by atoms with van der Waals surface area (Å²) in [6.45, 7) is 4.54. The van der Waals surface area contributed by atoms with Gasteiger partial charge in [0, 0.05) is 78.0 Å². The van der Waals surface area contributed by atoms with E-state index < -0.39 is 0 Å². The zero-order valence-corrected chi connectivity index (χ0v) is 17.9. The second-order valence-corrected chi connectivity index (χ2v) is 8.47. The van der Waals surface area contributed by atoms with Crippen molar-refractivity contribution in [3.05, 3.63) is 16.6 Å². The van der Waals surface area contributed by atoms with Gasteiger partial charge in [0.2, 0.25) is 0 Å². The fraction of sp³-hybridized carbons (Fsp3) is 0.737. The van der Waals surface area contributed by atoms with Crippen molar-refractivity contribution in [1.29, 1.82) is 0 Å². The molecular weight excluding hydrogens is 378 g/mol. The predicted molar refractivity (Wildman–Crippen MR) is 109 cm³/mol. The van der Waals surface area contributed by atoms with E-state index in [2.05, 4.69) is 9.88 Å². The van der Waals surface area contributed by atoms with Crippen molar-refractivity contribution >= 4 is 23.3 Å². The van der Waals surface area contributed by atoms with Crippen molar-refractivity contribution in [2.75, 3.05) is 60.5 Å². The quantitative estimate of drug-likeness (QED) is 0.711. The van der Waals surface area contributed by atoms with E-state index in [1.54, 1.807) is 34.8 Å². The van der Waals surface area contributed by atoms with Gasteiger partial charge in [-0.15, -0.1) is 11.3 Å². The third kappa shape index (κ3) is 5.01. The van der Waals surface area contributed by atoms with Crippen LogP contribution in [0.25, 0.3) is 0 Å². The number of ether oxygens (including phenoxy) is 1. The molecule has 2 aliphatic rings. The Morgan fingerprint density at radius 1 is 1.18 bits per heavy atom. The van der Waals surface area contributed by atoms with Crippen molar-refractivity contribution in [1.82, 2.24) is 24.6 Å². The van der Waals surface area contributed by atoms with Gasteiger partial charge in [-0.05, 0) is 19.3 Å². The van der Waals surface area contributed by atoms with E-state index in [0.717, 1.165) is 52.1 Å². The van der Waals surface area contributed by atoms with Crippen LogP contribution in [0.5, 0.6) is 0 Å². The van der Waals surface area contributed by atoms with Gasteiger partial charge < -0.3 is 19.4 Å². The third-order valence-corrected chi connectivity index (χ3v) is 6.22. The maximum Gasteiger partial charge on any atom is 0.319 e. The number of carbonyl (C=O) groups is 2. The normalized spacial score (nSPS) is 20.6. The van der Waals surface area contributed by atoms with Crippen LogP contribution in [-0.2, 0) is 4.74 Å². The molecule has 156 valence electrons. The number of thiazole rings is 1. The Hall–Kier alpha value is -1.71. The minimum atomic E-state index is -0.0380. The first-order valence-corrected chi connectivity index (χ1v) is 10.8. The zero-order valence-electron chi connectivity index (χ0n) is 17.0. The molecule has 9 heteroatoms. The lowest BCUT2D eigenvalue weighted by atomic mass is 10.0. The smallest absolute Gasteiger partial charge is 0.319 e. The lowest BCUT2D eigenvalue weighted by Crippen LogP contribution is -2.50. The van der Waals surface area contributed by atoms with Gasteiger partial charge in [0.15, 0.2) is 0 Å². The molecule has 1 unspecified atom stereocenters. The highest BCUT2D eigenvalue weighted by Crippen LogP contribution is 2.24. The standard InChI is InChI=1S/C19H31N5O3S/c1-21(2)19(26)23-7-4-16(12-23)24(15-5-10-27-11-6-15)9-8-22(3)18(25)17-13-28-14-20-17/h13-16H,4-12H2,1-3H3. The molecule has 0 aliphatic carbocycles. The first-order chi connectivity index (χ1) is 13.5. The van der Waals surface area contributed by atoms with Gasteiger partial charge >= 0.3 is 6.03 Å². The van der Waals surface area contributed by atoms with Crippen molar-refractivity contribution in [2.24, 2.45) is 0 Å². The minimum absolute atomic E-state index is 0.0380. The molecule has 0 saturated carbocycles. The summed E-state index contributed by atoms with van der Waals surface area (Å²) in [6, 6.07) is 0.843. The molecule has 28 heavy (non-hydrogen) atoms. The van der Waals surface area contributed by atoms with E-state index in [4.69, 9.17) is 4.74 Å². The van der Waals surface area contributed by atoms with Crippen molar-refractivity contribution in [3.8, 4) is 0 Å². The number of amides is 3. The van der Waals surface area contributed by atoms with Crippen molar-refractivity contribution in [3.63, 3.8) is 0 Å². The number of hydrogen-bond donors (Lipinski definition) is 0. The molecular formula is C19H31N5O3S. The van der Waals surface area contributed by atoms with Crippen molar-refractivity contribution < 1.29 is 14.3 Å². The van der Waals surface area contributed by atoms with Crippen LogP contribution in [0.1, 0.15) is 29.8 Å². The molecule has 2 fully saturated rings. The van der Waals surface area contributed by atoms with Gasteiger partial charge in [0.1, 0.15) is 5.69 Å². The average Bonchev–Trinajstić information content (AvgIpc) is 3.40. The zero-order chi connectivity index (χ0) is 20.1. The molecule has 2 saturated heterocycles. The molecule has 3 amide bonds. The Morgan fingerprint density at radius 2 is 1.93 bits per heavy atom. The summed E-state index contributed by atoms with van der Waals surface area (Å²) in [5, 5.41) is 1.79. The van der Waals surface area contributed by atoms with E-state index in [9.17, 15) is 9.59 Å². The molecule has 0 spiro atoms. The van der Waals surface area contributed by atoms with Crippen molar-refractivity contribution in [2.45, 2.75) is 31.3 Å². The topological polar surface area (TPSA) is 69.2 Å².